The average molecular weight is 435 g/mol. The van der Waals surface area contributed by atoms with E-state index in [1.807, 2.05) is 33.8 Å². The first-order chi connectivity index (χ1) is 14.2. The van der Waals surface area contributed by atoms with Crippen LogP contribution < -0.4 is 0 Å². The Bertz CT molecular complexity index is 800. The van der Waals surface area contributed by atoms with Crippen molar-refractivity contribution < 1.29 is 28.9 Å². The van der Waals surface area contributed by atoms with E-state index in [2.05, 4.69) is 13.5 Å². The molecular formula is C25H38O6. The largest absolute Gasteiger partial charge is 0.481 e. The van der Waals surface area contributed by atoms with Crippen molar-refractivity contribution in [2.24, 2.45) is 22.7 Å². The third-order valence-corrected chi connectivity index (χ3v) is 8.54. The Kier molecular flexibility index (Phi) is 5.98. The van der Waals surface area contributed by atoms with Crippen LogP contribution in [0.5, 0.6) is 0 Å². The van der Waals surface area contributed by atoms with E-state index in [1.54, 1.807) is 19.9 Å². The van der Waals surface area contributed by atoms with Gasteiger partial charge in [0.15, 0.2) is 5.79 Å². The van der Waals surface area contributed by atoms with Crippen LogP contribution >= 0.6 is 0 Å². The molecule has 6 heteroatoms. The van der Waals surface area contributed by atoms with Gasteiger partial charge in [-0.1, -0.05) is 32.9 Å². The van der Waals surface area contributed by atoms with Gasteiger partial charge in [0.2, 0.25) is 0 Å². The molecule has 1 aliphatic carbocycles. The molecule has 31 heavy (non-hydrogen) atoms. The number of esters is 1. The Morgan fingerprint density at radius 3 is 2.42 bits per heavy atom. The van der Waals surface area contributed by atoms with Crippen molar-refractivity contribution in [2.45, 2.75) is 97.7 Å². The molecule has 0 spiro atoms. The van der Waals surface area contributed by atoms with Crippen LogP contribution in [0, 0.1) is 22.7 Å². The first kappa shape index (κ1) is 24.0. The molecule has 7 atom stereocenters. The molecule has 2 aliphatic heterocycles. The zero-order valence-corrected chi connectivity index (χ0v) is 20.0. The molecule has 3 fully saturated rings. The van der Waals surface area contributed by atoms with Crippen molar-refractivity contribution in [1.29, 1.82) is 0 Å². The lowest BCUT2D eigenvalue weighted by atomic mass is 9.48. The minimum Gasteiger partial charge on any atom is -0.481 e. The molecule has 2 heterocycles. The summed E-state index contributed by atoms with van der Waals surface area (Å²) in [7, 11) is 0. The molecule has 7 unspecified atom stereocenters. The highest BCUT2D eigenvalue weighted by Crippen LogP contribution is 2.67. The van der Waals surface area contributed by atoms with Crippen molar-refractivity contribution in [2.75, 3.05) is 0 Å². The summed E-state index contributed by atoms with van der Waals surface area (Å²) in [6.45, 7) is 17.6. The number of aliphatic carboxylic acids is 1. The Morgan fingerprint density at radius 2 is 1.87 bits per heavy atom. The fourth-order valence-electron chi connectivity index (χ4n) is 6.53. The summed E-state index contributed by atoms with van der Waals surface area (Å²) in [6, 6.07) is 0. The Labute approximate surface area is 186 Å². The minimum atomic E-state index is -0.851. The molecule has 2 saturated heterocycles. The summed E-state index contributed by atoms with van der Waals surface area (Å²) in [5.41, 5.74) is -0.905. The molecule has 3 rings (SSSR count). The summed E-state index contributed by atoms with van der Waals surface area (Å²) in [5, 5.41) is 9.81. The number of fused-ring (bicyclic) bond motifs is 3. The zero-order chi connectivity index (χ0) is 23.4. The summed E-state index contributed by atoms with van der Waals surface area (Å²) < 4.78 is 19.0. The van der Waals surface area contributed by atoms with E-state index < -0.39 is 34.3 Å². The van der Waals surface area contributed by atoms with Crippen molar-refractivity contribution in [3.63, 3.8) is 0 Å². The third kappa shape index (κ3) is 3.76. The van der Waals surface area contributed by atoms with Gasteiger partial charge < -0.3 is 19.3 Å². The van der Waals surface area contributed by atoms with Crippen molar-refractivity contribution in [3.05, 3.63) is 24.3 Å². The number of carboxylic acids is 1. The van der Waals surface area contributed by atoms with Crippen LogP contribution in [0.3, 0.4) is 0 Å². The summed E-state index contributed by atoms with van der Waals surface area (Å²) >= 11 is 0. The number of carbonyl (C=O) groups excluding carboxylic acids is 1. The van der Waals surface area contributed by atoms with Crippen LogP contribution in [0.4, 0.5) is 0 Å². The molecular weight excluding hydrogens is 396 g/mol. The van der Waals surface area contributed by atoms with Gasteiger partial charge in [-0.05, 0) is 46.5 Å². The third-order valence-electron chi connectivity index (χ3n) is 8.54. The highest BCUT2D eigenvalue weighted by Gasteiger charge is 2.70. The van der Waals surface area contributed by atoms with Crippen molar-refractivity contribution in [3.8, 4) is 0 Å². The van der Waals surface area contributed by atoms with E-state index in [9.17, 15) is 14.7 Å². The van der Waals surface area contributed by atoms with Gasteiger partial charge in [0, 0.05) is 35.2 Å². The molecule has 0 aromatic heterocycles. The quantitative estimate of drug-likeness (QED) is 0.377. The van der Waals surface area contributed by atoms with Crippen LogP contribution in [-0.2, 0) is 23.8 Å². The average Bonchev–Trinajstić information content (AvgIpc) is 2.90. The first-order valence-corrected chi connectivity index (χ1v) is 11.3. The molecule has 6 nitrogen and oxygen atoms in total. The zero-order valence-electron chi connectivity index (χ0n) is 20.0. The number of hydrogen-bond donors (Lipinski definition) is 1. The highest BCUT2D eigenvalue weighted by atomic mass is 16.7. The van der Waals surface area contributed by atoms with Gasteiger partial charge in [-0.3, -0.25) is 4.79 Å². The number of carbonyl (C=O) groups is 2. The van der Waals surface area contributed by atoms with Crippen LogP contribution in [-0.4, -0.2) is 40.6 Å². The fraction of sp³-hybridized carbons (Fsp3) is 0.760. The molecule has 174 valence electrons. The lowest BCUT2D eigenvalue weighted by molar-refractivity contribution is -0.293. The monoisotopic (exact) mass is 434 g/mol. The van der Waals surface area contributed by atoms with E-state index in [4.69, 9.17) is 14.2 Å². The standard InChI is InChI=1S/C25H38O6/c1-9-15(3)21(28)29-18-14-19-24(7,17(13-20(26)27)22(18,4)5)16-11-12-23(6,10-2)31-25(16,8)30-19/h9-10,16-19H,2,11-14H2,1,3-8H3,(H,26,27). The van der Waals surface area contributed by atoms with Crippen LogP contribution in [0.2, 0.25) is 0 Å². The Balaban J connectivity index is 2.03. The maximum Gasteiger partial charge on any atom is 0.333 e. The Hall–Kier alpha value is -1.66. The van der Waals surface area contributed by atoms with Gasteiger partial charge in [-0.15, -0.1) is 6.58 Å². The minimum absolute atomic E-state index is 0.00862. The fourth-order valence-corrected chi connectivity index (χ4v) is 6.53. The number of allylic oxidation sites excluding steroid dienone is 1. The second-order valence-corrected chi connectivity index (χ2v) is 10.8. The second kappa shape index (κ2) is 7.73. The van der Waals surface area contributed by atoms with E-state index in [0.717, 1.165) is 12.8 Å². The van der Waals surface area contributed by atoms with Gasteiger partial charge in [-0.2, -0.15) is 0 Å². The second-order valence-electron chi connectivity index (χ2n) is 10.8. The Morgan fingerprint density at radius 1 is 1.23 bits per heavy atom. The normalized spacial score (nSPS) is 44.2. The lowest BCUT2D eigenvalue weighted by Gasteiger charge is -2.57. The first-order valence-electron chi connectivity index (χ1n) is 11.3. The molecule has 0 aromatic rings. The van der Waals surface area contributed by atoms with Crippen LogP contribution in [0.15, 0.2) is 24.3 Å². The summed E-state index contributed by atoms with van der Waals surface area (Å²) in [4.78, 5) is 24.5. The maximum atomic E-state index is 12.6. The summed E-state index contributed by atoms with van der Waals surface area (Å²) in [6.07, 6.45) is 5.01. The topological polar surface area (TPSA) is 82.1 Å². The lowest BCUT2D eigenvalue weighted by Crippen LogP contribution is -2.60. The van der Waals surface area contributed by atoms with Gasteiger partial charge in [0.1, 0.15) is 6.10 Å². The molecule has 1 saturated carbocycles. The predicted molar refractivity (Wildman–Crippen MR) is 117 cm³/mol. The number of ether oxygens (including phenoxy) is 3. The van der Waals surface area contributed by atoms with E-state index in [1.165, 1.54) is 0 Å². The molecule has 1 N–H and O–H groups in total. The number of hydrogen-bond acceptors (Lipinski definition) is 5. The van der Waals surface area contributed by atoms with Gasteiger partial charge in [0.25, 0.3) is 0 Å². The van der Waals surface area contributed by atoms with Gasteiger partial charge in [-0.25, -0.2) is 4.79 Å². The van der Waals surface area contributed by atoms with Crippen LogP contribution in [0.25, 0.3) is 0 Å². The number of carboxylic acid groups (broad SMARTS) is 1. The highest BCUT2D eigenvalue weighted by molar-refractivity contribution is 5.87. The van der Waals surface area contributed by atoms with E-state index in [-0.39, 0.29) is 30.3 Å². The molecule has 0 amide bonds. The maximum absolute atomic E-state index is 12.6. The molecule has 0 radical (unpaired) electrons. The molecule has 0 aromatic carbocycles. The van der Waals surface area contributed by atoms with Crippen molar-refractivity contribution in [1.82, 2.24) is 0 Å². The van der Waals surface area contributed by atoms with Gasteiger partial charge in [0.05, 0.1) is 11.7 Å². The van der Waals surface area contributed by atoms with Crippen LogP contribution in [0.1, 0.15) is 74.1 Å². The van der Waals surface area contributed by atoms with E-state index in [0.29, 0.717) is 12.0 Å². The van der Waals surface area contributed by atoms with Gasteiger partial charge >= 0.3 is 11.9 Å². The SMILES string of the molecule is C=CC1(C)CCC2C(C)(OC3CC(OC(=O)C(C)=CC)C(C)(C)C(CC(=O)O)C32C)O1. The smallest absolute Gasteiger partial charge is 0.333 e. The summed E-state index contributed by atoms with van der Waals surface area (Å²) in [5.74, 6) is -2.27. The van der Waals surface area contributed by atoms with Crippen molar-refractivity contribution >= 4 is 11.9 Å². The number of rotatable bonds is 5. The predicted octanol–water partition coefficient (Wildman–Crippen LogP) is 4.88. The molecule has 0 bridgehead atoms. The van der Waals surface area contributed by atoms with E-state index >= 15 is 0 Å². The molecule has 3 aliphatic rings.